The zero-order valence-electron chi connectivity index (χ0n) is 12.7. The van der Waals surface area contributed by atoms with Crippen LogP contribution in [0.25, 0.3) is 0 Å². The molecule has 112 valence electrons. The van der Waals surface area contributed by atoms with E-state index in [1.165, 1.54) is 12.8 Å². The van der Waals surface area contributed by atoms with Gasteiger partial charge in [-0.25, -0.2) is 0 Å². The molecule has 0 aromatic carbocycles. The lowest BCUT2D eigenvalue weighted by Crippen LogP contribution is -2.49. The molecule has 1 aliphatic heterocycles. The van der Waals surface area contributed by atoms with Gasteiger partial charge in [0.15, 0.2) is 0 Å². The maximum absolute atomic E-state index is 9.95. The van der Waals surface area contributed by atoms with Gasteiger partial charge < -0.3 is 20.1 Å². The van der Waals surface area contributed by atoms with E-state index in [9.17, 15) is 5.11 Å². The minimum atomic E-state index is -0.620. The van der Waals surface area contributed by atoms with Crippen LogP contribution in [0.2, 0.25) is 0 Å². The fourth-order valence-electron chi connectivity index (χ4n) is 3.13. The van der Waals surface area contributed by atoms with E-state index >= 15 is 0 Å². The molecule has 0 amide bonds. The highest BCUT2D eigenvalue weighted by atomic mass is 16.5. The third kappa shape index (κ3) is 5.38. The topological polar surface area (TPSA) is 44.7 Å². The second-order valence-corrected chi connectivity index (χ2v) is 7.25. The second kappa shape index (κ2) is 6.08. The molecule has 0 bridgehead atoms. The lowest BCUT2D eigenvalue weighted by atomic mass is 9.79. The van der Waals surface area contributed by atoms with Crippen molar-refractivity contribution < 1.29 is 9.84 Å². The van der Waals surface area contributed by atoms with Crippen LogP contribution in [0.1, 0.15) is 39.5 Å². The van der Waals surface area contributed by atoms with Gasteiger partial charge >= 0.3 is 0 Å². The number of rotatable bonds is 7. The van der Waals surface area contributed by atoms with Gasteiger partial charge in [-0.1, -0.05) is 0 Å². The lowest BCUT2D eigenvalue weighted by molar-refractivity contribution is -0.0174. The first kappa shape index (κ1) is 15.2. The molecule has 2 fully saturated rings. The van der Waals surface area contributed by atoms with E-state index in [4.69, 9.17) is 4.74 Å². The van der Waals surface area contributed by atoms with E-state index in [0.29, 0.717) is 5.41 Å². The van der Waals surface area contributed by atoms with Crippen molar-refractivity contribution in [2.24, 2.45) is 5.41 Å². The van der Waals surface area contributed by atoms with Crippen LogP contribution in [0.15, 0.2) is 0 Å². The van der Waals surface area contributed by atoms with Crippen molar-refractivity contribution >= 4 is 0 Å². The van der Waals surface area contributed by atoms with Gasteiger partial charge in [0.2, 0.25) is 0 Å². The van der Waals surface area contributed by atoms with Crippen LogP contribution in [-0.4, -0.2) is 61.5 Å². The average Bonchev–Trinajstić information content (AvgIpc) is 3.08. The predicted octanol–water partition coefficient (Wildman–Crippen LogP) is 1.24. The normalized spacial score (nSPS) is 23.8. The molecule has 4 heteroatoms. The Hall–Kier alpha value is -0.160. The Bertz CT molecular complexity index is 278. The summed E-state index contributed by atoms with van der Waals surface area (Å²) in [5, 5.41) is 13.6. The van der Waals surface area contributed by atoms with Gasteiger partial charge in [-0.3, -0.25) is 0 Å². The van der Waals surface area contributed by atoms with E-state index in [1.54, 1.807) is 0 Å². The second-order valence-electron chi connectivity index (χ2n) is 7.25. The third-order valence-corrected chi connectivity index (χ3v) is 4.16. The molecule has 0 aromatic rings. The number of nitrogens with one attached hydrogen (secondary N) is 1. The largest absolute Gasteiger partial charge is 0.389 e. The Morgan fingerprint density at radius 3 is 2.47 bits per heavy atom. The molecule has 2 N–H and O–H groups in total. The molecular formula is C15H30N2O2. The molecule has 1 aliphatic carbocycles. The van der Waals surface area contributed by atoms with Crippen molar-refractivity contribution in [2.75, 3.05) is 39.9 Å². The number of nitrogens with zero attached hydrogens (tertiary/aromatic N) is 1. The van der Waals surface area contributed by atoms with Crippen LogP contribution in [0.5, 0.6) is 0 Å². The van der Waals surface area contributed by atoms with Crippen LogP contribution < -0.4 is 5.32 Å². The Labute approximate surface area is 117 Å². The van der Waals surface area contributed by atoms with E-state index in [-0.39, 0.29) is 0 Å². The molecule has 1 saturated heterocycles. The first-order valence-electron chi connectivity index (χ1n) is 7.61. The summed E-state index contributed by atoms with van der Waals surface area (Å²) in [6.45, 7) is 8.37. The Morgan fingerprint density at radius 1 is 1.32 bits per heavy atom. The zero-order chi connectivity index (χ0) is 13.9. The van der Waals surface area contributed by atoms with Gasteiger partial charge in [0.25, 0.3) is 0 Å². The molecule has 19 heavy (non-hydrogen) atoms. The molecular weight excluding hydrogens is 240 g/mol. The average molecular weight is 270 g/mol. The fourth-order valence-corrected chi connectivity index (χ4v) is 3.13. The number of hydrogen-bond donors (Lipinski definition) is 2. The van der Waals surface area contributed by atoms with Crippen LogP contribution in [-0.2, 0) is 4.74 Å². The number of likely N-dealkylation sites (N-methyl/N-ethyl adjacent to an activating group) is 1. The molecule has 2 aliphatic rings. The number of hydrogen-bond acceptors (Lipinski definition) is 4. The summed E-state index contributed by atoms with van der Waals surface area (Å²) in [7, 11) is 2.12. The Balaban J connectivity index is 1.88. The van der Waals surface area contributed by atoms with E-state index in [0.717, 1.165) is 51.7 Å². The fraction of sp³-hybridized carbons (Fsp3) is 1.00. The van der Waals surface area contributed by atoms with Crippen LogP contribution in [0, 0.1) is 5.41 Å². The lowest BCUT2D eigenvalue weighted by Gasteiger charge is -2.41. The molecule has 1 heterocycles. The van der Waals surface area contributed by atoms with Crippen molar-refractivity contribution in [3.63, 3.8) is 0 Å². The summed E-state index contributed by atoms with van der Waals surface area (Å²) in [5.41, 5.74) is -0.300. The van der Waals surface area contributed by atoms with Gasteiger partial charge in [0, 0.05) is 38.9 Å². The standard InChI is InChI=1S/C15H30N2O2/c1-14(2,18)11-17(3)12-15(6-8-19-9-7-15)10-16-13-4-5-13/h13,16,18H,4-12H2,1-3H3. The third-order valence-electron chi connectivity index (χ3n) is 4.16. The molecule has 0 radical (unpaired) electrons. The molecule has 0 unspecified atom stereocenters. The minimum Gasteiger partial charge on any atom is -0.389 e. The molecule has 0 aromatic heterocycles. The first-order chi connectivity index (χ1) is 8.89. The van der Waals surface area contributed by atoms with Gasteiger partial charge in [-0.05, 0) is 52.0 Å². The minimum absolute atomic E-state index is 0.320. The van der Waals surface area contributed by atoms with Gasteiger partial charge in [-0.15, -0.1) is 0 Å². The summed E-state index contributed by atoms with van der Waals surface area (Å²) >= 11 is 0. The van der Waals surface area contributed by atoms with E-state index in [2.05, 4.69) is 17.3 Å². The SMILES string of the molecule is CN(CC(C)(C)O)CC1(CNC2CC2)CCOCC1. The summed E-state index contributed by atoms with van der Waals surface area (Å²) in [6, 6.07) is 0.763. The first-order valence-corrected chi connectivity index (χ1v) is 7.61. The number of ether oxygens (including phenoxy) is 1. The summed E-state index contributed by atoms with van der Waals surface area (Å²) in [6.07, 6.45) is 4.93. The molecule has 2 rings (SSSR count). The smallest absolute Gasteiger partial charge is 0.0718 e. The van der Waals surface area contributed by atoms with Crippen LogP contribution in [0.3, 0.4) is 0 Å². The molecule has 1 saturated carbocycles. The predicted molar refractivity (Wildman–Crippen MR) is 77.3 cm³/mol. The highest BCUT2D eigenvalue weighted by Crippen LogP contribution is 2.32. The van der Waals surface area contributed by atoms with Gasteiger partial charge in [-0.2, -0.15) is 0 Å². The Kier molecular flexibility index (Phi) is 4.88. The van der Waals surface area contributed by atoms with E-state index < -0.39 is 5.60 Å². The molecule has 4 nitrogen and oxygen atoms in total. The monoisotopic (exact) mass is 270 g/mol. The van der Waals surface area contributed by atoms with Crippen LogP contribution >= 0.6 is 0 Å². The van der Waals surface area contributed by atoms with Crippen molar-refractivity contribution in [3.8, 4) is 0 Å². The van der Waals surface area contributed by atoms with Crippen molar-refractivity contribution in [2.45, 2.75) is 51.2 Å². The maximum Gasteiger partial charge on any atom is 0.0718 e. The van der Waals surface area contributed by atoms with Crippen LogP contribution in [0.4, 0.5) is 0 Å². The highest BCUT2D eigenvalue weighted by Gasteiger charge is 2.36. The maximum atomic E-state index is 9.95. The summed E-state index contributed by atoms with van der Waals surface area (Å²) in [5.74, 6) is 0. The van der Waals surface area contributed by atoms with E-state index in [1.807, 2.05) is 13.8 Å². The number of aliphatic hydroxyl groups is 1. The molecule has 0 atom stereocenters. The van der Waals surface area contributed by atoms with Crippen molar-refractivity contribution in [3.05, 3.63) is 0 Å². The van der Waals surface area contributed by atoms with Gasteiger partial charge in [0.1, 0.15) is 0 Å². The highest BCUT2D eigenvalue weighted by molar-refractivity contribution is 4.91. The Morgan fingerprint density at radius 2 is 1.95 bits per heavy atom. The zero-order valence-corrected chi connectivity index (χ0v) is 12.7. The van der Waals surface area contributed by atoms with Crippen molar-refractivity contribution in [1.82, 2.24) is 10.2 Å². The van der Waals surface area contributed by atoms with Gasteiger partial charge in [0.05, 0.1) is 5.60 Å². The molecule has 0 spiro atoms. The summed E-state index contributed by atoms with van der Waals surface area (Å²) < 4.78 is 5.53. The van der Waals surface area contributed by atoms with Crippen molar-refractivity contribution in [1.29, 1.82) is 0 Å². The quantitative estimate of drug-likeness (QED) is 0.730. The summed E-state index contributed by atoms with van der Waals surface area (Å²) in [4.78, 5) is 2.28.